The molecule has 0 amide bonds. The summed E-state index contributed by atoms with van der Waals surface area (Å²) in [6.45, 7) is 1.67. The van der Waals surface area contributed by atoms with Crippen LogP contribution in [0.4, 0.5) is 5.69 Å². The van der Waals surface area contributed by atoms with Gasteiger partial charge in [0.05, 0.1) is 35.5 Å². The third-order valence-electron chi connectivity index (χ3n) is 4.80. The number of nitrogens with zero attached hydrogens (tertiary/aromatic N) is 1. The minimum atomic E-state index is -0.798. The Balaban J connectivity index is 1.51. The van der Waals surface area contributed by atoms with Crippen molar-refractivity contribution in [2.45, 2.75) is 37.8 Å². The first-order valence-electron chi connectivity index (χ1n) is 9.09. The Morgan fingerprint density at radius 1 is 1.42 bits per heavy atom. The number of rotatable bonds is 6. The molecule has 2 atom stereocenters. The SMILES string of the molecule is O=C(O)C[C@H]1CSC(c2cc3cccc(NCC4CCCCO4)c3[nH]2)=N1. The highest BCUT2D eigenvalue weighted by Crippen LogP contribution is 2.29. The number of aliphatic carboxylic acids is 1. The van der Waals surface area contributed by atoms with Gasteiger partial charge in [0, 0.05) is 24.3 Å². The van der Waals surface area contributed by atoms with Crippen LogP contribution in [0.15, 0.2) is 29.3 Å². The molecule has 1 aromatic carbocycles. The van der Waals surface area contributed by atoms with E-state index in [1.807, 2.05) is 6.07 Å². The quantitative estimate of drug-likeness (QED) is 0.722. The molecule has 138 valence electrons. The summed E-state index contributed by atoms with van der Waals surface area (Å²) in [5.41, 5.74) is 3.08. The highest BCUT2D eigenvalue weighted by Gasteiger charge is 2.23. The number of aromatic amines is 1. The summed E-state index contributed by atoms with van der Waals surface area (Å²) in [7, 11) is 0. The van der Waals surface area contributed by atoms with Crippen molar-refractivity contribution in [2.75, 3.05) is 24.2 Å². The summed E-state index contributed by atoms with van der Waals surface area (Å²) in [6.07, 6.45) is 3.87. The molecule has 0 radical (unpaired) electrons. The molecule has 0 aliphatic carbocycles. The zero-order valence-corrected chi connectivity index (χ0v) is 15.3. The van der Waals surface area contributed by atoms with Crippen molar-refractivity contribution < 1.29 is 14.6 Å². The molecule has 7 heteroatoms. The third-order valence-corrected chi connectivity index (χ3v) is 5.95. The van der Waals surface area contributed by atoms with Gasteiger partial charge in [-0.05, 0) is 31.4 Å². The Morgan fingerprint density at radius 2 is 2.35 bits per heavy atom. The molecule has 2 aliphatic rings. The minimum Gasteiger partial charge on any atom is -0.481 e. The van der Waals surface area contributed by atoms with Gasteiger partial charge in [0.25, 0.3) is 0 Å². The highest BCUT2D eigenvalue weighted by atomic mass is 32.2. The molecule has 0 spiro atoms. The first-order chi connectivity index (χ1) is 12.7. The molecule has 3 heterocycles. The first kappa shape index (κ1) is 17.4. The van der Waals surface area contributed by atoms with E-state index in [1.54, 1.807) is 11.8 Å². The standard InChI is InChI=1S/C19H23N3O3S/c23-17(24)9-13-11-26-19(21-13)16-8-12-4-3-6-15(18(12)22-16)20-10-14-5-1-2-7-25-14/h3-4,6,8,13-14,20,22H,1-2,5,7,9-11H2,(H,23,24)/t13-,14?/m0/s1. The number of nitrogens with one attached hydrogen (secondary N) is 2. The topological polar surface area (TPSA) is 86.7 Å². The lowest BCUT2D eigenvalue weighted by Crippen LogP contribution is -2.27. The van der Waals surface area contributed by atoms with E-state index in [9.17, 15) is 4.79 Å². The van der Waals surface area contributed by atoms with Crippen LogP contribution in [0.1, 0.15) is 31.4 Å². The van der Waals surface area contributed by atoms with Crippen LogP contribution in [0.3, 0.4) is 0 Å². The molecule has 1 saturated heterocycles. The van der Waals surface area contributed by atoms with Crippen LogP contribution in [0.5, 0.6) is 0 Å². The third kappa shape index (κ3) is 3.88. The Kier molecular flexibility index (Phi) is 5.17. The molecule has 0 bridgehead atoms. The number of hydrogen-bond acceptors (Lipinski definition) is 5. The van der Waals surface area contributed by atoms with Gasteiger partial charge in [0.2, 0.25) is 0 Å². The number of thioether (sulfide) groups is 1. The van der Waals surface area contributed by atoms with Crippen LogP contribution in [0, 0.1) is 0 Å². The van der Waals surface area contributed by atoms with Crippen LogP contribution in [0.2, 0.25) is 0 Å². The van der Waals surface area contributed by atoms with E-state index >= 15 is 0 Å². The van der Waals surface area contributed by atoms with E-state index in [0.29, 0.717) is 0 Å². The summed E-state index contributed by atoms with van der Waals surface area (Å²) in [5.74, 6) is -0.0742. The number of carboxylic acids is 1. The summed E-state index contributed by atoms with van der Waals surface area (Å²) in [5, 5.41) is 14.5. The van der Waals surface area contributed by atoms with Crippen molar-refractivity contribution >= 4 is 39.4 Å². The van der Waals surface area contributed by atoms with Gasteiger partial charge in [0.15, 0.2) is 0 Å². The first-order valence-corrected chi connectivity index (χ1v) is 10.1. The van der Waals surface area contributed by atoms with Crippen molar-refractivity contribution in [1.82, 2.24) is 4.98 Å². The lowest BCUT2D eigenvalue weighted by Gasteiger charge is -2.23. The summed E-state index contributed by atoms with van der Waals surface area (Å²) in [6, 6.07) is 8.14. The van der Waals surface area contributed by atoms with E-state index in [-0.39, 0.29) is 18.6 Å². The number of carbonyl (C=O) groups is 1. The maximum Gasteiger partial charge on any atom is 0.305 e. The fraction of sp³-hybridized carbons (Fsp3) is 0.474. The minimum absolute atomic E-state index is 0.0882. The molecule has 26 heavy (non-hydrogen) atoms. The van der Waals surface area contributed by atoms with Crippen molar-refractivity contribution in [2.24, 2.45) is 4.99 Å². The Labute approximate surface area is 156 Å². The number of aliphatic imine (C=N–C) groups is 1. The van der Waals surface area contributed by atoms with Crippen molar-refractivity contribution in [3.63, 3.8) is 0 Å². The van der Waals surface area contributed by atoms with E-state index in [4.69, 9.17) is 9.84 Å². The van der Waals surface area contributed by atoms with Crippen molar-refractivity contribution in [1.29, 1.82) is 0 Å². The van der Waals surface area contributed by atoms with Crippen LogP contribution in [-0.2, 0) is 9.53 Å². The molecule has 1 fully saturated rings. The van der Waals surface area contributed by atoms with Crippen LogP contribution >= 0.6 is 11.8 Å². The number of aromatic nitrogens is 1. The molecule has 1 unspecified atom stereocenters. The van der Waals surface area contributed by atoms with Crippen molar-refractivity contribution in [3.8, 4) is 0 Å². The van der Waals surface area contributed by atoms with Gasteiger partial charge in [-0.25, -0.2) is 0 Å². The second-order valence-electron chi connectivity index (χ2n) is 6.82. The number of carboxylic acid groups (broad SMARTS) is 1. The van der Waals surface area contributed by atoms with E-state index in [2.05, 4.69) is 33.5 Å². The summed E-state index contributed by atoms with van der Waals surface area (Å²) < 4.78 is 5.80. The second kappa shape index (κ2) is 7.72. The molecule has 4 rings (SSSR count). The van der Waals surface area contributed by atoms with Crippen LogP contribution < -0.4 is 5.32 Å². The fourth-order valence-corrected chi connectivity index (χ4v) is 4.51. The molecule has 0 saturated carbocycles. The van der Waals surface area contributed by atoms with Gasteiger partial charge in [-0.3, -0.25) is 9.79 Å². The average Bonchev–Trinajstić information content (AvgIpc) is 3.27. The Bertz CT molecular complexity index is 827. The Hall–Kier alpha value is -1.99. The number of benzene rings is 1. The number of para-hydroxylation sites is 1. The number of ether oxygens (including phenoxy) is 1. The summed E-state index contributed by atoms with van der Waals surface area (Å²) >= 11 is 1.62. The van der Waals surface area contributed by atoms with Gasteiger partial charge < -0.3 is 20.1 Å². The van der Waals surface area contributed by atoms with Crippen LogP contribution in [-0.4, -0.2) is 52.2 Å². The number of fused-ring (bicyclic) bond motifs is 1. The van der Waals surface area contributed by atoms with Crippen LogP contribution in [0.25, 0.3) is 10.9 Å². The maximum absolute atomic E-state index is 10.9. The smallest absolute Gasteiger partial charge is 0.305 e. The van der Waals surface area contributed by atoms with Gasteiger partial charge >= 0.3 is 5.97 Å². The lowest BCUT2D eigenvalue weighted by atomic mass is 10.1. The van der Waals surface area contributed by atoms with Gasteiger partial charge in [-0.15, -0.1) is 11.8 Å². The molecular formula is C19H23N3O3S. The van der Waals surface area contributed by atoms with Gasteiger partial charge in [0.1, 0.15) is 5.04 Å². The number of anilines is 1. The maximum atomic E-state index is 10.9. The van der Waals surface area contributed by atoms with Gasteiger partial charge in [-0.1, -0.05) is 12.1 Å². The molecular weight excluding hydrogens is 350 g/mol. The summed E-state index contributed by atoms with van der Waals surface area (Å²) in [4.78, 5) is 18.9. The largest absolute Gasteiger partial charge is 0.481 e. The highest BCUT2D eigenvalue weighted by molar-refractivity contribution is 8.14. The molecule has 2 aliphatic heterocycles. The average molecular weight is 373 g/mol. The predicted molar refractivity (Wildman–Crippen MR) is 105 cm³/mol. The van der Waals surface area contributed by atoms with E-state index in [0.717, 1.165) is 59.1 Å². The van der Waals surface area contributed by atoms with Crippen molar-refractivity contribution in [3.05, 3.63) is 30.0 Å². The van der Waals surface area contributed by atoms with E-state index in [1.165, 1.54) is 6.42 Å². The number of H-pyrrole nitrogens is 1. The monoisotopic (exact) mass is 373 g/mol. The zero-order valence-electron chi connectivity index (χ0n) is 14.5. The normalized spacial score (nSPS) is 23.2. The fourth-order valence-electron chi connectivity index (χ4n) is 3.48. The van der Waals surface area contributed by atoms with Gasteiger partial charge in [-0.2, -0.15) is 0 Å². The predicted octanol–water partition coefficient (Wildman–Crippen LogP) is 3.49. The molecule has 6 nitrogen and oxygen atoms in total. The molecule has 3 N–H and O–H groups in total. The zero-order chi connectivity index (χ0) is 17.9. The number of hydrogen-bond donors (Lipinski definition) is 3. The molecule has 2 aromatic rings. The second-order valence-corrected chi connectivity index (χ2v) is 7.83. The lowest BCUT2D eigenvalue weighted by molar-refractivity contribution is -0.137. The van der Waals surface area contributed by atoms with E-state index < -0.39 is 5.97 Å². The Morgan fingerprint density at radius 3 is 3.15 bits per heavy atom. The molecule has 1 aromatic heterocycles.